The van der Waals surface area contributed by atoms with Crippen LogP contribution < -0.4 is 0 Å². The molecule has 1 aromatic heterocycles. The molecule has 27 heavy (non-hydrogen) atoms. The van der Waals surface area contributed by atoms with E-state index in [2.05, 4.69) is 43.1 Å². The predicted molar refractivity (Wildman–Crippen MR) is 109 cm³/mol. The van der Waals surface area contributed by atoms with E-state index in [1.807, 2.05) is 12.4 Å². The normalized spacial score (nSPS) is 42.8. The van der Waals surface area contributed by atoms with Crippen LogP contribution in [0.15, 0.2) is 42.3 Å². The number of allylic oxidation sites excluding steroid dienone is 3. The molecule has 6 atom stereocenters. The summed E-state index contributed by atoms with van der Waals surface area (Å²) in [6, 6.07) is 4.31. The van der Waals surface area contributed by atoms with Gasteiger partial charge in [-0.1, -0.05) is 37.6 Å². The van der Waals surface area contributed by atoms with E-state index in [1.165, 1.54) is 37.7 Å². The largest absolute Gasteiger partial charge is 0.412 e. The zero-order valence-corrected chi connectivity index (χ0v) is 16.6. The zero-order chi connectivity index (χ0) is 17.9. The van der Waals surface area contributed by atoms with Crippen LogP contribution in [0, 0.1) is 28.6 Å². The lowest BCUT2D eigenvalue weighted by molar-refractivity contribution is -0.0238. The van der Waals surface area contributed by atoms with Gasteiger partial charge >= 0.3 is 0 Å². The molecule has 0 bridgehead atoms. The van der Waals surface area contributed by atoms with E-state index in [0.29, 0.717) is 10.8 Å². The maximum Gasteiger partial charge on any atom is 0.0577 e. The molecule has 3 nitrogen and oxygen atoms in total. The number of fused-ring (bicyclic) bond motifs is 5. The van der Waals surface area contributed by atoms with Crippen LogP contribution in [0.3, 0.4) is 0 Å². The minimum atomic E-state index is -0.106. The molecule has 3 N–H and O–H groups in total. The summed E-state index contributed by atoms with van der Waals surface area (Å²) in [7, 11) is 0. The first kappa shape index (κ1) is 18.9. The Hall–Kier alpha value is -1.45. The fraction of sp³-hybridized carbons (Fsp3) is 0.625. The number of aromatic nitrogens is 1. The lowest BCUT2D eigenvalue weighted by Crippen LogP contribution is -2.49. The molecule has 2 saturated carbocycles. The van der Waals surface area contributed by atoms with Crippen molar-refractivity contribution in [2.75, 3.05) is 0 Å². The third-order valence-corrected chi connectivity index (χ3v) is 8.63. The third-order valence-electron chi connectivity index (χ3n) is 8.63. The first-order chi connectivity index (χ1) is 12.5. The van der Waals surface area contributed by atoms with Crippen LogP contribution in [-0.4, -0.2) is 21.7 Å². The van der Waals surface area contributed by atoms with Crippen molar-refractivity contribution in [3.63, 3.8) is 0 Å². The lowest BCUT2D eigenvalue weighted by Gasteiger charge is -2.57. The Morgan fingerprint density at radius 3 is 2.63 bits per heavy atom. The van der Waals surface area contributed by atoms with E-state index in [0.717, 1.165) is 30.6 Å². The number of hydrogen-bond donors (Lipinski definition) is 1. The van der Waals surface area contributed by atoms with E-state index >= 15 is 0 Å². The van der Waals surface area contributed by atoms with E-state index in [-0.39, 0.29) is 11.6 Å². The molecule has 5 rings (SSSR count). The summed E-state index contributed by atoms with van der Waals surface area (Å²) in [5.41, 5.74) is 5.09. The second-order valence-electron chi connectivity index (χ2n) is 9.71. The summed E-state index contributed by atoms with van der Waals surface area (Å²) in [5.74, 6) is 2.36. The molecule has 2 fully saturated rings. The predicted octanol–water partition coefficient (Wildman–Crippen LogP) is 4.57. The van der Waals surface area contributed by atoms with Gasteiger partial charge < -0.3 is 10.6 Å². The fourth-order valence-electron chi connectivity index (χ4n) is 7.18. The van der Waals surface area contributed by atoms with Gasteiger partial charge in [0.25, 0.3) is 0 Å². The summed E-state index contributed by atoms with van der Waals surface area (Å²) < 4.78 is 0. The minimum Gasteiger partial charge on any atom is -0.412 e. The highest BCUT2D eigenvalue weighted by Crippen LogP contribution is 2.66. The highest BCUT2D eigenvalue weighted by molar-refractivity contribution is 5.72. The maximum atomic E-state index is 10.2. The van der Waals surface area contributed by atoms with Crippen LogP contribution in [0.2, 0.25) is 0 Å². The standard InChI is InChI=1S/C24H31NO.H2O/c1-23-11-9-18(26)14-17(23)5-6-19-21-8-7-20(16-4-3-13-25-15-16)24(21,2)12-10-22(19)23;/h3-5,7,13,15,18-19,21-22,26H,6,8-12,14H2,1-2H3;1H2/t18-,19-,21-,22-,23-,24+;/m0./s1. The van der Waals surface area contributed by atoms with E-state index < -0.39 is 0 Å². The van der Waals surface area contributed by atoms with Crippen LogP contribution in [0.25, 0.3) is 5.57 Å². The Kier molecular flexibility index (Phi) is 4.59. The summed E-state index contributed by atoms with van der Waals surface area (Å²) in [6.45, 7) is 5.03. The first-order valence-electron chi connectivity index (χ1n) is 10.5. The molecule has 0 radical (unpaired) electrons. The van der Waals surface area contributed by atoms with Crippen molar-refractivity contribution in [1.82, 2.24) is 4.98 Å². The topological polar surface area (TPSA) is 64.6 Å². The van der Waals surface area contributed by atoms with Gasteiger partial charge in [0.1, 0.15) is 0 Å². The van der Waals surface area contributed by atoms with E-state index in [4.69, 9.17) is 0 Å². The van der Waals surface area contributed by atoms with Crippen molar-refractivity contribution >= 4 is 5.57 Å². The molecular formula is C24H33NO2. The van der Waals surface area contributed by atoms with Gasteiger partial charge in [-0.05, 0) is 90.7 Å². The van der Waals surface area contributed by atoms with Crippen LogP contribution in [-0.2, 0) is 0 Å². The molecule has 0 amide bonds. The lowest BCUT2D eigenvalue weighted by atomic mass is 9.47. The monoisotopic (exact) mass is 367 g/mol. The average molecular weight is 368 g/mol. The number of aliphatic hydroxyl groups is 1. The molecule has 1 heterocycles. The molecule has 4 aliphatic rings. The van der Waals surface area contributed by atoms with Gasteiger partial charge in [-0.25, -0.2) is 0 Å². The van der Waals surface area contributed by atoms with Gasteiger partial charge in [-0.15, -0.1) is 0 Å². The van der Waals surface area contributed by atoms with Crippen molar-refractivity contribution in [3.8, 4) is 0 Å². The molecule has 1 aromatic rings. The molecule has 3 heteroatoms. The summed E-state index contributed by atoms with van der Waals surface area (Å²) in [6.07, 6.45) is 17.0. The van der Waals surface area contributed by atoms with Crippen molar-refractivity contribution in [2.24, 2.45) is 28.6 Å². The van der Waals surface area contributed by atoms with Crippen LogP contribution in [0.4, 0.5) is 0 Å². The van der Waals surface area contributed by atoms with Gasteiger partial charge in [0, 0.05) is 12.4 Å². The van der Waals surface area contributed by atoms with Gasteiger partial charge in [-0.3, -0.25) is 4.98 Å². The molecule has 0 aromatic carbocycles. The summed E-state index contributed by atoms with van der Waals surface area (Å²) >= 11 is 0. The first-order valence-corrected chi connectivity index (χ1v) is 10.5. The number of nitrogens with zero attached hydrogens (tertiary/aromatic N) is 1. The maximum absolute atomic E-state index is 10.2. The third kappa shape index (κ3) is 2.66. The Labute approximate surface area is 162 Å². The Balaban J connectivity index is 0.00000180. The van der Waals surface area contributed by atoms with E-state index in [1.54, 1.807) is 11.1 Å². The Bertz CT molecular complexity index is 770. The second kappa shape index (κ2) is 6.56. The van der Waals surface area contributed by atoms with Gasteiger partial charge in [-0.2, -0.15) is 0 Å². The van der Waals surface area contributed by atoms with Crippen molar-refractivity contribution in [3.05, 3.63) is 47.8 Å². The highest BCUT2D eigenvalue weighted by Gasteiger charge is 2.56. The van der Waals surface area contributed by atoms with Crippen LogP contribution in [0.5, 0.6) is 0 Å². The van der Waals surface area contributed by atoms with Crippen LogP contribution >= 0.6 is 0 Å². The summed E-state index contributed by atoms with van der Waals surface area (Å²) in [5, 5.41) is 10.2. The SMILES string of the molecule is C[C@]12CC[C@H](O)CC1=CC[C@@H]1[C@@H]2CC[C@]2(C)C(c3cccnc3)=CC[C@@H]12.O. The number of hydrogen-bond acceptors (Lipinski definition) is 2. The Morgan fingerprint density at radius 2 is 1.85 bits per heavy atom. The quantitative estimate of drug-likeness (QED) is 0.739. The number of rotatable bonds is 1. The molecule has 4 aliphatic carbocycles. The second-order valence-corrected chi connectivity index (χ2v) is 9.71. The fourth-order valence-corrected chi connectivity index (χ4v) is 7.18. The average Bonchev–Trinajstić information content (AvgIpc) is 3.00. The van der Waals surface area contributed by atoms with Crippen molar-refractivity contribution < 1.29 is 10.6 Å². The smallest absolute Gasteiger partial charge is 0.0577 e. The molecule has 0 unspecified atom stereocenters. The van der Waals surface area contributed by atoms with E-state index in [9.17, 15) is 5.11 Å². The van der Waals surface area contributed by atoms with Crippen molar-refractivity contribution in [2.45, 2.75) is 64.9 Å². The number of pyridine rings is 1. The van der Waals surface area contributed by atoms with Gasteiger partial charge in [0.2, 0.25) is 0 Å². The molecule has 146 valence electrons. The zero-order valence-electron chi connectivity index (χ0n) is 16.6. The minimum absolute atomic E-state index is 0. The van der Waals surface area contributed by atoms with Gasteiger partial charge in [0.05, 0.1) is 6.10 Å². The number of aliphatic hydroxyl groups excluding tert-OH is 1. The van der Waals surface area contributed by atoms with Crippen molar-refractivity contribution in [1.29, 1.82) is 0 Å². The highest BCUT2D eigenvalue weighted by atomic mass is 16.3. The molecule has 0 saturated heterocycles. The summed E-state index contributed by atoms with van der Waals surface area (Å²) in [4.78, 5) is 4.38. The van der Waals surface area contributed by atoms with Gasteiger partial charge in [0.15, 0.2) is 0 Å². The molecule has 0 aliphatic heterocycles. The Morgan fingerprint density at radius 1 is 1.04 bits per heavy atom. The van der Waals surface area contributed by atoms with Crippen LogP contribution in [0.1, 0.15) is 64.4 Å². The molecular weight excluding hydrogens is 334 g/mol. The molecule has 0 spiro atoms.